The number of amides is 1. The molecule has 1 aliphatic rings. The van der Waals surface area contributed by atoms with Crippen LogP contribution in [0.2, 0.25) is 0 Å². The first-order valence-electron chi connectivity index (χ1n) is 8.84. The summed E-state index contributed by atoms with van der Waals surface area (Å²) in [5.41, 5.74) is 0.483. The van der Waals surface area contributed by atoms with Gasteiger partial charge in [-0.2, -0.15) is 0 Å². The van der Waals surface area contributed by atoms with Crippen molar-refractivity contribution in [3.8, 4) is 5.88 Å². The first kappa shape index (κ1) is 19.8. The van der Waals surface area contributed by atoms with Gasteiger partial charge < -0.3 is 25.0 Å². The zero-order valence-corrected chi connectivity index (χ0v) is 16.2. The van der Waals surface area contributed by atoms with Gasteiger partial charge in [-0.05, 0) is 33.8 Å². The van der Waals surface area contributed by atoms with Gasteiger partial charge in [0.1, 0.15) is 5.60 Å². The molecule has 8 heteroatoms. The number of aliphatic imine (C=N–C) groups is 1. The fraction of sp³-hybridized carbons (Fsp3) is 0.611. The predicted octanol–water partition coefficient (Wildman–Crippen LogP) is 1.76. The number of nitrogens with one attached hydrogen (secondary N) is 2. The van der Waals surface area contributed by atoms with E-state index in [9.17, 15) is 4.79 Å². The van der Waals surface area contributed by atoms with Gasteiger partial charge in [0.2, 0.25) is 5.88 Å². The summed E-state index contributed by atoms with van der Waals surface area (Å²) in [5, 5.41) is 6.55. The summed E-state index contributed by atoms with van der Waals surface area (Å²) in [6.07, 6.45) is 1.43. The van der Waals surface area contributed by atoms with Gasteiger partial charge in [0.25, 0.3) is 0 Å². The van der Waals surface area contributed by atoms with Crippen molar-refractivity contribution < 1.29 is 14.3 Å². The number of hydrogen-bond acceptors (Lipinski definition) is 5. The molecule has 1 aromatic heterocycles. The average Bonchev–Trinajstić information content (AvgIpc) is 2.53. The summed E-state index contributed by atoms with van der Waals surface area (Å²) in [6.45, 7) is 9.81. The molecule has 0 aromatic carbocycles. The molecule has 144 valence electrons. The van der Waals surface area contributed by atoms with E-state index in [1.165, 1.54) is 0 Å². The van der Waals surface area contributed by atoms with Gasteiger partial charge in [-0.3, -0.25) is 4.99 Å². The Labute approximate surface area is 155 Å². The number of hydrogen-bond donors (Lipinski definition) is 2. The third-order valence-corrected chi connectivity index (χ3v) is 3.67. The smallest absolute Gasteiger partial charge is 0.410 e. The highest BCUT2D eigenvalue weighted by Gasteiger charge is 2.34. The zero-order chi connectivity index (χ0) is 19.2. The lowest BCUT2D eigenvalue weighted by molar-refractivity contribution is 0.00701. The Bertz CT molecular complexity index is 636. The van der Waals surface area contributed by atoms with Crippen LogP contribution < -0.4 is 15.4 Å². The van der Waals surface area contributed by atoms with Crippen molar-refractivity contribution >= 4 is 12.1 Å². The topological polar surface area (TPSA) is 88.1 Å². The third-order valence-electron chi connectivity index (χ3n) is 3.67. The van der Waals surface area contributed by atoms with Crippen LogP contribution >= 0.6 is 0 Å². The summed E-state index contributed by atoms with van der Waals surface area (Å²) in [4.78, 5) is 22.1. The van der Waals surface area contributed by atoms with E-state index >= 15 is 0 Å². The standard InChI is InChI=1S/C18H29N5O3/c1-6-25-15-13(8-7-9-20-15)10-21-16(19-5)22-14-11-23(12-14)17(24)26-18(2,3)4/h7-9,14H,6,10-12H2,1-5H3,(H2,19,21,22). The lowest BCUT2D eigenvalue weighted by atomic mass is 10.1. The summed E-state index contributed by atoms with van der Waals surface area (Å²) in [5.74, 6) is 1.29. The van der Waals surface area contributed by atoms with Gasteiger partial charge in [-0.1, -0.05) is 6.07 Å². The van der Waals surface area contributed by atoms with Crippen molar-refractivity contribution in [3.63, 3.8) is 0 Å². The summed E-state index contributed by atoms with van der Waals surface area (Å²) >= 11 is 0. The minimum absolute atomic E-state index is 0.147. The van der Waals surface area contributed by atoms with E-state index in [-0.39, 0.29) is 12.1 Å². The maximum absolute atomic E-state index is 12.0. The van der Waals surface area contributed by atoms with Gasteiger partial charge in [0.15, 0.2) is 5.96 Å². The molecule has 1 fully saturated rings. The Kier molecular flexibility index (Phi) is 6.65. The Morgan fingerprint density at radius 1 is 1.42 bits per heavy atom. The number of aromatic nitrogens is 1. The first-order valence-corrected chi connectivity index (χ1v) is 8.84. The van der Waals surface area contributed by atoms with Gasteiger partial charge in [-0.15, -0.1) is 0 Å². The largest absolute Gasteiger partial charge is 0.478 e. The van der Waals surface area contributed by atoms with E-state index < -0.39 is 5.60 Å². The second-order valence-corrected chi connectivity index (χ2v) is 7.05. The Hall–Kier alpha value is -2.51. The SMILES string of the molecule is CCOc1ncccc1CNC(=NC)NC1CN(C(=O)OC(C)(C)C)C1. The Morgan fingerprint density at radius 3 is 2.77 bits per heavy atom. The van der Waals surface area contributed by atoms with Crippen LogP contribution in [0.1, 0.15) is 33.3 Å². The van der Waals surface area contributed by atoms with E-state index in [2.05, 4.69) is 20.6 Å². The molecular formula is C18H29N5O3. The lowest BCUT2D eigenvalue weighted by Crippen LogP contribution is -2.63. The van der Waals surface area contributed by atoms with Crippen LogP contribution in [-0.2, 0) is 11.3 Å². The van der Waals surface area contributed by atoms with Gasteiger partial charge >= 0.3 is 6.09 Å². The molecule has 0 bridgehead atoms. The van der Waals surface area contributed by atoms with Crippen LogP contribution in [0.3, 0.4) is 0 Å². The molecule has 0 atom stereocenters. The number of nitrogens with zero attached hydrogens (tertiary/aromatic N) is 3. The molecule has 2 N–H and O–H groups in total. The number of pyridine rings is 1. The molecule has 8 nitrogen and oxygen atoms in total. The summed E-state index contributed by atoms with van der Waals surface area (Å²) < 4.78 is 10.9. The molecule has 2 heterocycles. The Morgan fingerprint density at radius 2 is 2.15 bits per heavy atom. The molecule has 0 spiro atoms. The van der Waals surface area contributed by atoms with Gasteiger partial charge in [-0.25, -0.2) is 9.78 Å². The quantitative estimate of drug-likeness (QED) is 0.612. The molecule has 1 aliphatic heterocycles. The number of rotatable bonds is 5. The first-order chi connectivity index (χ1) is 12.3. The lowest BCUT2D eigenvalue weighted by Gasteiger charge is -2.40. The monoisotopic (exact) mass is 363 g/mol. The highest BCUT2D eigenvalue weighted by atomic mass is 16.6. The van der Waals surface area contributed by atoms with Crippen LogP contribution in [0.5, 0.6) is 5.88 Å². The molecular weight excluding hydrogens is 334 g/mol. The van der Waals surface area contributed by atoms with Crippen molar-refractivity contribution in [2.45, 2.75) is 45.9 Å². The molecule has 2 rings (SSSR count). The molecule has 0 saturated carbocycles. The molecule has 1 amide bonds. The van der Waals surface area contributed by atoms with E-state index in [1.54, 1.807) is 18.1 Å². The van der Waals surface area contributed by atoms with Crippen molar-refractivity contribution in [2.24, 2.45) is 4.99 Å². The van der Waals surface area contributed by atoms with Crippen molar-refractivity contribution in [2.75, 3.05) is 26.7 Å². The van der Waals surface area contributed by atoms with E-state index in [1.807, 2.05) is 39.8 Å². The van der Waals surface area contributed by atoms with E-state index in [4.69, 9.17) is 9.47 Å². The fourth-order valence-electron chi connectivity index (χ4n) is 2.44. The zero-order valence-electron chi connectivity index (χ0n) is 16.2. The van der Waals surface area contributed by atoms with Crippen LogP contribution in [0.4, 0.5) is 4.79 Å². The molecule has 0 aliphatic carbocycles. The third kappa shape index (κ3) is 5.79. The second kappa shape index (κ2) is 8.73. The number of guanidine groups is 1. The second-order valence-electron chi connectivity index (χ2n) is 7.05. The van der Waals surface area contributed by atoms with Gasteiger partial charge in [0.05, 0.1) is 12.6 Å². The van der Waals surface area contributed by atoms with Crippen molar-refractivity contribution in [1.29, 1.82) is 0 Å². The summed E-state index contributed by atoms with van der Waals surface area (Å²) in [7, 11) is 1.71. The van der Waals surface area contributed by atoms with Crippen LogP contribution in [0, 0.1) is 0 Å². The molecule has 26 heavy (non-hydrogen) atoms. The van der Waals surface area contributed by atoms with Crippen LogP contribution in [0.15, 0.2) is 23.3 Å². The summed E-state index contributed by atoms with van der Waals surface area (Å²) in [6, 6.07) is 3.99. The van der Waals surface area contributed by atoms with E-state index in [0.29, 0.717) is 38.1 Å². The molecule has 0 radical (unpaired) electrons. The number of likely N-dealkylation sites (tertiary alicyclic amines) is 1. The van der Waals surface area contributed by atoms with Crippen LogP contribution in [-0.4, -0.2) is 60.3 Å². The maximum atomic E-state index is 12.0. The normalized spacial score (nSPS) is 15.3. The highest BCUT2D eigenvalue weighted by molar-refractivity contribution is 5.80. The number of ether oxygens (including phenoxy) is 2. The van der Waals surface area contributed by atoms with Gasteiger partial charge in [0, 0.05) is 38.4 Å². The molecule has 1 aromatic rings. The van der Waals surface area contributed by atoms with Crippen LogP contribution in [0.25, 0.3) is 0 Å². The predicted molar refractivity (Wildman–Crippen MR) is 100 cm³/mol. The number of carbonyl (C=O) groups is 1. The number of carbonyl (C=O) groups excluding carboxylic acids is 1. The Balaban J connectivity index is 1.79. The minimum atomic E-state index is -0.477. The van der Waals surface area contributed by atoms with Crippen molar-refractivity contribution in [1.82, 2.24) is 20.5 Å². The highest BCUT2D eigenvalue weighted by Crippen LogP contribution is 2.16. The average molecular weight is 363 g/mol. The fourth-order valence-corrected chi connectivity index (χ4v) is 2.44. The maximum Gasteiger partial charge on any atom is 0.410 e. The molecule has 1 saturated heterocycles. The van der Waals surface area contributed by atoms with E-state index in [0.717, 1.165) is 5.56 Å². The molecule has 0 unspecified atom stereocenters. The minimum Gasteiger partial charge on any atom is -0.478 e. The van der Waals surface area contributed by atoms with Crippen molar-refractivity contribution in [3.05, 3.63) is 23.9 Å².